The molecular weight excluding hydrogens is 195 g/mol. The molecule has 2 nitrogen and oxygen atoms in total. The van der Waals surface area contributed by atoms with E-state index in [-0.39, 0.29) is 35.9 Å². The third-order valence-electron chi connectivity index (χ3n) is 1.02. The van der Waals surface area contributed by atoms with Crippen LogP contribution in [-0.2, 0) is 9.05 Å². The fourth-order valence-corrected chi connectivity index (χ4v) is 1.37. The molecule has 0 N–H and O–H groups in total. The van der Waals surface area contributed by atoms with Crippen molar-refractivity contribution in [2.75, 3.05) is 0 Å². The average molecular weight is 201 g/mol. The molecule has 0 saturated heterocycles. The Labute approximate surface area is 93.8 Å². The Morgan fingerprint density at radius 3 is 1.91 bits per heavy atom. The first-order valence-electron chi connectivity index (χ1n) is 2.60. The maximum Gasteiger partial charge on any atom is 1.00 e. The third-order valence-corrected chi connectivity index (χ3v) is 2.39. The first kappa shape index (κ1) is 11.5. The third kappa shape index (κ3) is 3.58. The zero-order chi connectivity index (χ0) is 7.61. The van der Waals surface area contributed by atoms with Crippen LogP contribution < -0.4 is 29.6 Å². The molecule has 0 heterocycles. The van der Waals surface area contributed by atoms with E-state index in [1.54, 1.807) is 18.2 Å². The summed E-state index contributed by atoms with van der Waals surface area (Å²) in [7, 11) is 1.50. The summed E-state index contributed by atoms with van der Waals surface area (Å²) in [5.41, 5.74) is 0. The van der Waals surface area contributed by atoms with Crippen LogP contribution in [0.3, 0.4) is 0 Å². The van der Waals surface area contributed by atoms with Crippen LogP contribution in [0, 0.1) is 0 Å². The predicted octanol–water partition coefficient (Wildman–Crippen LogP) is -1.27. The van der Waals surface area contributed by atoms with Gasteiger partial charge in [-0.15, -0.1) is 0 Å². The van der Waals surface area contributed by atoms with Gasteiger partial charge in [0.2, 0.25) is 0 Å². The summed E-state index contributed by atoms with van der Waals surface area (Å²) in [6, 6.07) is 7.86. The minimum Gasteiger partial charge on any atom is -1.00 e. The Bertz CT molecular complexity index is 314. The molecule has 0 saturated carbocycles. The van der Waals surface area contributed by atoms with E-state index in [0.29, 0.717) is 0 Å². The van der Waals surface area contributed by atoms with Gasteiger partial charge in [0.05, 0.1) is 4.90 Å². The molecule has 1 aromatic rings. The van der Waals surface area contributed by atoms with Crippen molar-refractivity contribution in [2.45, 2.75) is 4.90 Å². The van der Waals surface area contributed by atoms with Crippen LogP contribution >= 0.6 is 10.7 Å². The molecule has 0 atom stereocenters. The van der Waals surface area contributed by atoms with Crippen LogP contribution in [0.25, 0.3) is 0 Å². The van der Waals surface area contributed by atoms with Crippen LogP contribution in [0.15, 0.2) is 35.2 Å². The molecule has 0 unspecified atom stereocenters. The smallest absolute Gasteiger partial charge is 1.00 e. The van der Waals surface area contributed by atoms with Gasteiger partial charge in [-0.2, -0.15) is 0 Å². The molecule has 56 valence electrons. The summed E-state index contributed by atoms with van der Waals surface area (Å²) >= 11 is 0. The minimum absolute atomic E-state index is 0. The van der Waals surface area contributed by atoms with Crippen LogP contribution in [0.5, 0.6) is 0 Å². The molecule has 5 heteroatoms. The van der Waals surface area contributed by atoms with Crippen LogP contribution in [0.2, 0.25) is 0 Å². The SMILES string of the molecule is O=S(=O)(Cl)c1ccccc1.[H-].[Na+]. The van der Waals surface area contributed by atoms with Crippen molar-refractivity contribution in [2.24, 2.45) is 0 Å². The number of halogens is 1. The van der Waals surface area contributed by atoms with Crippen molar-refractivity contribution in [1.82, 2.24) is 0 Å². The normalized spacial score (nSPS) is 10.3. The number of rotatable bonds is 1. The van der Waals surface area contributed by atoms with Gasteiger partial charge in [-0.05, 0) is 12.1 Å². The van der Waals surface area contributed by atoms with E-state index in [0.717, 1.165) is 0 Å². The largest absolute Gasteiger partial charge is 1.00 e. The molecule has 0 radical (unpaired) electrons. The fourth-order valence-electron chi connectivity index (χ4n) is 0.583. The second-order valence-electron chi connectivity index (χ2n) is 1.75. The van der Waals surface area contributed by atoms with Gasteiger partial charge < -0.3 is 1.43 Å². The van der Waals surface area contributed by atoms with Gasteiger partial charge in [0.1, 0.15) is 0 Å². The number of hydrogen-bond acceptors (Lipinski definition) is 2. The van der Waals surface area contributed by atoms with E-state index in [9.17, 15) is 8.42 Å². The standard InChI is InChI=1S/C6H5ClO2S.Na.H/c7-10(8,9)6-4-2-1-3-5-6;;/h1-5H;;/q;+1;-1. The first-order chi connectivity index (χ1) is 4.61. The van der Waals surface area contributed by atoms with Crippen molar-refractivity contribution < 1.29 is 39.4 Å². The van der Waals surface area contributed by atoms with E-state index in [4.69, 9.17) is 10.7 Å². The summed E-state index contributed by atoms with van der Waals surface area (Å²) in [4.78, 5) is 0.136. The molecule has 0 bridgehead atoms. The van der Waals surface area contributed by atoms with Gasteiger partial charge in [-0.25, -0.2) is 8.42 Å². The van der Waals surface area contributed by atoms with Gasteiger partial charge in [0.15, 0.2) is 0 Å². The molecule has 0 aromatic heterocycles. The predicted molar refractivity (Wildman–Crippen MR) is 40.6 cm³/mol. The first-order valence-corrected chi connectivity index (χ1v) is 4.91. The Balaban J connectivity index is 0. The molecule has 0 aliphatic rings. The Hall–Kier alpha value is 0.460. The molecule has 1 aromatic carbocycles. The van der Waals surface area contributed by atoms with Crippen molar-refractivity contribution in [1.29, 1.82) is 0 Å². The summed E-state index contributed by atoms with van der Waals surface area (Å²) in [5, 5.41) is 0. The molecule has 11 heavy (non-hydrogen) atoms. The Morgan fingerprint density at radius 2 is 1.64 bits per heavy atom. The zero-order valence-corrected chi connectivity index (χ0v) is 9.56. The second-order valence-corrected chi connectivity index (χ2v) is 4.32. The van der Waals surface area contributed by atoms with Crippen LogP contribution in [0.4, 0.5) is 0 Å². The van der Waals surface area contributed by atoms with Gasteiger partial charge in [0, 0.05) is 10.7 Å². The zero-order valence-electron chi connectivity index (χ0n) is 6.99. The minimum atomic E-state index is -3.53. The van der Waals surface area contributed by atoms with Crippen molar-refractivity contribution in [3.05, 3.63) is 30.3 Å². The summed E-state index contributed by atoms with van der Waals surface area (Å²) in [6.45, 7) is 0. The quantitative estimate of drug-likeness (QED) is 0.419. The molecule has 0 amide bonds. The van der Waals surface area contributed by atoms with Crippen molar-refractivity contribution in [3.63, 3.8) is 0 Å². The molecule has 1 rings (SSSR count). The van der Waals surface area contributed by atoms with Crippen molar-refractivity contribution in [3.8, 4) is 0 Å². The average Bonchev–Trinajstić information content (AvgIpc) is 1.88. The Morgan fingerprint density at radius 1 is 1.18 bits per heavy atom. The second kappa shape index (κ2) is 4.48. The summed E-state index contributed by atoms with van der Waals surface area (Å²) in [5.74, 6) is 0. The maximum absolute atomic E-state index is 10.6. The van der Waals surface area contributed by atoms with Gasteiger partial charge in [-0.1, -0.05) is 18.2 Å². The monoisotopic (exact) mass is 200 g/mol. The molecule has 0 spiro atoms. The van der Waals surface area contributed by atoms with E-state index in [2.05, 4.69) is 0 Å². The van der Waals surface area contributed by atoms with Crippen LogP contribution in [-0.4, -0.2) is 8.42 Å². The maximum atomic E-state index is 10.6. The van der Waals surface area contributed by atoms with Gasteiger partial charge in [-0.3, -0.25) is 0 Å². The number of benzene rings is 1. The summed E-state index contributed by atoms with van der Waals surface area (Å²) < 4.78 is 21.2. The van der Waals surface area contributed by atoms with Crippen LogP contribution in [0.1, 0.15) is 1.43 Å². The molecule has 0 fully saturated rings. The molecular formula is C6H6ClNaO2S. The van der Waals surface area contributed by atoms with Crippen molar-refractivity contribution >= 4 is 19.7 Å². The fraction of sp³-hybridized carbons (Fsp3) is 0. The van der Waals surface area contributed by atoms with E-state index >= 15 is 0 Å². The van der Waals surface area contributed by atoms with E-state index in [1.807, 2.05) is 0 Å². The summed E-state index contributed by atoms with van der Waals surface area (Å²) in [6.07, 6.45) is 0. The number of hydrogen-bond donors (Lipinski definition) is 0. The van der Waals surface area contributed by atoms with Gasteiger partial charge >= 0.3 is 29.6 Å². The topological polar surface area (TPSA) is 34.1 Å². The Kier molecular flexibility index (Phi) is 4.66. The van der Waals surface area contributed by atoms with E-state index < -0.39 is 9.05 Å². The van der Waals surface area contributed by atoms with Gasteiger partial charge in [0.25, 0.3) is 9.05 Å². The molecule has 0 aliphatic heterocycles. The molecule has 0 aliphatic carbocycles. The van der Waals surface area contributed by atoms with E-state index in [1.165, 1.54) is 12.1 Å².